The van der Waals surface area contributed by atoms with Crippen molar-refractivity contribution in [2.24, 2.45) is 5.92 Å². The highest BCUT2D eigenvalue weighted by Gasteiger charge is 2.16. The van der Waals surface area contributed by atoms with Crippen LogP contribution in [0.2, 0.25) is 0 Å². The van der Waals surface area contributed by atoms with Gasteiger partial charge in [-0.1, -0.05) is 20.3 Å². The molecule has 0 bridgehead atoms. The number of hydrogen-bond donors (Lipinski definition) is 1. The molecule has 1 aromatic rings. The molecule has 0 fully saturated rings. The van der Waals surface area contributed by atoms with Crippen LogP contribution in [0.1, 0.15) is 69.1 Å². The van der Waals surface area contributed by atoms with E-state index >= 15 is 0 Å². The lowest BCUT2D eigenvalue weighted by Crippen LogP contribution is -2.31. The minimum Gasteiger partial charge on any atom is -0.308 e. The molecule has 0 aliphatic rings. The van der Waals surface area contributed by atoms with Crippen LogP contribution in [0.4, 0.5) is 0 Å². The predicted molar refractivity (Wildman–Crippen MR) is 83.5 cm³/mol. The quantitative estimate of drug-likeness (QED) is 0.817. The number of aromatic nitrogens is 1. The Morgan fingerprint density at radius 3 is 2.32 bits per heavy atom. The van der Waals surface area contributed by atoms with Crippen molar-refractivity contribution in [1.29, 1.82) is 0 Å². The Kier molecular flexibility index (Phi) is 5.99. The third-order valence-corrected chi connectivity index (χ3v) is 4.00. The minimum atomic E-state index is 0.368. The number of nitrogens with one attached hydrogen (secondary N) is 1. The Balaban J connectivity index is 2.76. The number of aryl methyl sites for hydroxylation is 3. The van der Waals surface area contributed by atoms with Gasteiger partial charge in [-0.3, -0.25) is 4.98 Å². The van der Waals surface area contributed by atoms with Crippen molar-refractivity contribution in [3.8, 4) is 0 Å². The number of nitrogens with zero attached hydrogens (tertiary/aromatic N) is 1. The third-order valence-electron chi connectivity index (χ3n) is 4.00. The summed E-state index contributed by atoms with van der Waals surface area (Å²) in [7, 11) is 0. The molecule has 0 amide bonds. The van der Waals surface area contributed by atoms with Crippen molar-refractivity contribution in [3.05, 3.63) is 28.6 Å². The van der Waals surface area contributed by atoms with Crippen molar-refractivity contribution >= 4 is 0 Å². The molecule has 2 nitrogen and oxygen atoms in total. The molecule has 0 saturated heterocycles. The van der Waals surface area contributed by atoms with E-state index < -0.39 is 0 Å². The Labute approximate surface area is 119 Å². The van der Waals surface area contributed by atoms with Crippen LogP contribution in [-0.2, 0) is 0 Å². The molecule has 1 rings (SSSR count). The van der Waals surface area contributed by atoms with E-state index in [1.807, 2.05) is 0 Å². The smallest absolute Gasteiger partial charge is 0.0426 e. The van der Waals surface area contributed by atoms with E-state index in [0.29, 0.717) is 12.1 Å². The lowest BCUT2D eigenvalue weighted by atomic mass is 9.97. The molecule has 1 N–H and O–H groups in total. The van der Waals surface area contributed by atoms with Gasteiger partial charge in [0, 0.05) is 23.5 Å². The van der Waals surface area contributed by atoms with E-state index in [-0.39, 0.29) is 0 Å². The van der Waals surface area contributed by atoms with Crippen molar-refractivity contribution in [1.82, 2.24) is 10.3 Å². The lowest BCUT2D eigenvalue weighted by molar-refractivity contribution is 0.384. The van der Waals surface area contributed by atoms with E-state index in [1.54, 1.807) is 0 Å². The number of rotatable bonds is 6. The summed E-state index contributed by atoms with van der Waals surface area (Å²) in [5.74, 6) is 0.785. The maximum absolute atomic E-state index is 4.60. The Bertz CT molecular complexity index is 389. The van der Waals surface area contributed by atoms with Crippen LogP contribution in [0.25, 0.3) is 0 Å². The summed E-state index contributed by atoms with van der Waals surface area (Å²) in [6, 6.07) is 3.09. The van der Waals surface area contributed by atoms with Gasteiger partial charge < -0.3 is 5.32 Å². The maximum atomic E-state index is 4.60. The summed E-state index contributed by atoms with van der Waals surface area (Å²) in [5, 5.41) is 3.72. The first kappa shape index (κ1) is 16.2. The predicted octanol–water partition coefficient (Wildman–Crippen LogP) is 4.48. The molecule has 0 spiro atoms. The molecule has 3 atom stereocenters. The van der Waals surface area contributed by atoms with Crippen molar-refractivity contribution in [2.75, 3.05) is 0 Å². The Morgan fingerprint density at radius 1 is 1.16 bits per heavy atom. The molecule has 3 unspecified atom stereocenters. The maximum Gasteiger partial charge on any atom is 0.0426 e. The van der Waals surface area contributed by atoms with Crippen LogP contribution in [0.5, 0.6) is 0 Å². The van der Waals surface area contributed by atoms with Crippen LogP contribution in [0.15, 0.2) is 6.07 Å². The van der Waals surface area contributed by atoms with E-state index in [9.17, 15) is 0 Å². The van der Waals surface area contributed by atoms with Crippen molar-refractivity contribution in [2.45, 2.75) is 73.4 Å². The summed E-state index contributed by atoms with van der Waals surface area (Å²) < 4.78 is 0. The molecular formula is C17H30N2. The van der Waals surface area contributed by atoms with Crippen LogP contribution in [0, 0.1) is 26.7 Å². The van der Waals surface area contributed by atoms with E-state index in [4.69, 9.17) is 0 Å². The highest BCUT2D eigenvalue weighted by Crippen LogP contribution is 2.22. The molecule has 0 aliphatic heterocycles. The fourth-order valence-electron chi connectivity index (χ4n) is 3.04. The van der Waals surface area contributed by atoms with E-state index in [0.717, 1.165) is 17.3 Å². The second kappa shape index (κ2) is 7.04. The zero-order valence-corrected chi connectivity index (χ0v) is 13.7. The van der Waals surface area contributed by atoms with Crippen LogP contribution in [-0.4, -0.2) is 11.0 Å². The summed E-state index contributed by atoms with van der Waals surface area (Å²) >= 11 is 0. The second-order valence-corrected chi connectivity index (χ2v) is 6.12. The van der Waals surface area contributed by atoms with Gasteiger partial charge in [0.25, 0.3) is 0 Å². The van der Waals surface area contributed by atoms with Gasteiger partial charge >= 0.3 is 0 Å². The van der Waals surface area contributed by atoms with Gasteiger partial charge in [-0.2, -0.15) is 0 Å². The first-order valence-electron chi connectivity index (χ1n) is 7.55. The molecule has 0 saturated carbocycles. The molecule has 1 heterocycles. The summed E-state index contributed by atoms with van der Waals surface area (Å²) in [6.07, 6.45) is 2.49. The first-order valence-corrected chi connectivity index (χ1v) is 7.55. The van der Waals surface area contributed by atoms with Crippen LogP contribution >= 0.6 is 0 Å². The van der Waals surface area contributed by atoms with Crippen LogP contribution in [0.3, 0.4) is 0 Å². The highest BCUT2D eigenvalue weighted by molar-refractivity contribution is 5.33. The number of hydrogen-bond acceptors (Lipinski definition) is 2. The SMILES string of the molecule is CCC(C)CC(C)NC(C)c1c(C)cc(C)nc1C. The molecule has 0 aliphatic carbocycles. The lowest BCUT2D eigenvalue weighted by Gasteiger charge is -2.25. The highest BCUT2D eigenvalue weighted by atomic mass is 14.9. The summed E-state index contributed by atoms with van der Waals surface area (Å²) in [6.45, 7) is 15.5. The largest absolute Gasteiger partial charge is 0.308 e. The van der Waals surface area contributed by atoms with Gasteiger partial charge in [0.15, 0.2) is 0 Å². The third kappa shape index (κ3) is 4.61. The fourth-order valence-corrected chi connectivity index (χ4v) is 3.04. The molecule has 1 aromatic heterocycles. The zero-order chi connectivity index (χ0) is 14.6. The standard InChI is InChI=1S/C17H30N2/c1-8-11(2)9-13(4)18-15(6)17-12(3)10-14(5)19-16(17)7/h10-11,13,15,18H,8-9H2,1-7H3. The van der Waals surface area contributed by atoms with Crippen molar-refractivity contribution < 1.29 is 0 Å². The Hall–Kier alpha value is -0.890. The van der Waals surface area contributed by atoms with Gasteiger partial charge in [-0.05, 0) is 64.2 Å². The number of pyridine rings is 1. The topological polar surface area (TPSA) is 24.9 Å². The second-order valence-electron chi connectivity index (χ2n) is 6.12. The molecular weight excluding hydrogens is 232 g/mol. The van der Waals surface area contributed by atoms with E-state index in [1.165, 1.54) is 24.0 Å². The first-order chi connectivity index (χ1) is 8.85. The van der Waals surface area contributed by atoms with Gasteiger partial charge in [-0.15, -0.1) is 0 Å². The summed E-state index contributed by atoms with van der Waals surface area (Å²) in [4.78, 5) is 4.60. The monoisotopic (exact) mass is 262 g/mol. The van der Waals surface area contributed by atoms with Gasteiger partial charge in [0.1, 0.15) is 0 Å². The van der Waals surface area contributed by atoms with Gasteiger partial charge in [0.2, 0.25) is 0 Å². The molecule has 108 valence electrons. The average Bonchev–Trinajstić information content (AvgIpc) is 2.26. The van der Waals surface area contributed by atoms with Gasteiger partial charge in [-0.25, -0.2) is 0 Å². The van der Waals surface area contributed by atoms with Crippen molar-refractivity contribution in [3.63, 3.8) is 0 Å². The van der Waals surface area contributed by atoms with Crippen LogP contribution < -0.4 is 5.32 Å². The molecule has 0 radical (unpaired) electrons. The van der Waals surface area contributed by atoms with E-state index in [2.05, 4.69) is 64.8 Å². The zero-order valence-electron chi connectivity index (χ0n) is 13.7. The minimum absolute atomic E-state index is 0.368. The Morgan fingerprint density at radius 2 is 1.79 bits per heavy atom. The fraction of sp³-hybridized carbons (Fsp3) is 0.706. The average molecular weight is 262 g/mol. The molecule has 0 aromatic carbocycles. The molecule has 2 heteroatoms. The normalized spacial score (nSPS) is 16.2. The summed E-state index contributed by atoms with van der Waals surface area (Å²) in [5.41, 5.74) is 4.98. The molecule has 19 heavy (non-hydrogen) atoms. The van der Waals surface area contributed by atoms with Gasteiger partial charge in [0.05, 0.1) is 0 Å².